The van der Waals surface area contributed by atoms with Gasteiger partial charge >= 0.3 is 5.97 Å². The molecule has 0 radical (unpaired) electrons. The van der Waals surface area contributed by atoms with Gasteiger partial charge in [-0.2, -0.15) is 0 Å². The number of esters is 1. The highest BCUT2D eigenvalue weighted by Gasteiger charge is 2.50. The monoisotopic (exact) mass is 486 g/mol. The molecule has 3 aromatic carbocycles. The van der Waals surface area contributed by atoms with Crippen molar-refractivity contribution >= 4 is 24.7 Å². The third-order valence-corrected chi connectivity index (χ3v) is 11.5. The minimum absolute atomic E-state index is 0.0925. The van der Waals surface area contributed by atoms with Crippen LogP contribution in [0.3, 0.4) is 0 Å². The molecule has 0 spiro atoms. The second-order valence-corrected chi connectivity index (χ2v) is 14.3. The first kappa shape index (κ1) is 25.1. The summed E-state index contributed by atoms with van der Waals surface area (Å²) in [5.74, 6) is -0.426. The second kappa shape index (κ2) is 11.2. The van der Waals surface area contributed by atoms with Crippen LogP contribution < -0.4 is 10.4 Å². The average molecular weight is 487 g/mol. The van der Waals surface area contributed by atoms with Crippen molar-refractivity contribution in [3.8, 4) is 0 Å². The first-order chi connectivity index (χ1) is 16.9. The van der Waals surface area contributed by atoms with Gasteiger partial charge in [-0.25, -0.2) is 4.79 Å². The molecule has 0 N–H and O–H groups in total. The van der Waals surface area contributed by atoms with Crippen molar-refractivity contribution in [3.63, 3.8) is 0 Å². The molecule has 0 fully saturated rings. The third kappa shape index (κ3) is 5.81. The Hall–Kier alpha value is -2.99. The van der Waals surface area contributed by atoms with E-state index in [9.17, 15) is 4.79 Å². The van der Waals surface area contributed by atoms with Crippen molar-refractivity contribution in [2.75, 3.05) is 13.2 Å². The fraction of sp³-hybridized carbons (Fsp3) is 0.300. The van der Waals surface area contributed by atoms with E-state index < -0.39 is 14.4 Å². The average Bonchev–Trinajstić information content (AvgIpc) is 2.87. The van der Waals surface area contributed by atoms with Gasteiger partial charge < -0.3 is 13.9 Å². The molecule has 1 aliphatic rings. The number of rotatable bonds is 9. The van der Waals surface area contributed by atoms with E-state index in [4.69, 9.17) is 13.9 Å². The van der Waals surface area contributed by atoms with E-state index in [1.165, 1.54) is 16.4 Å². The zero-order valence-corrected chi connectivity index (χ0v) is 21.7. The maximum absolute atomic E-state index is 12.1. The van der Waals surface area contributed by atoms with Gasteiger partial charge in [0.25, 0.3) is 8.32 Å². The Kier molecular flexibility index (Phi) is 8.01. The SMILES string of the molecule is CC(C)(C)[Si](OC[C@@H]1C=CC(=O)O[C@@H]1COCc1ccccc1)(c1ccccc1)c1ccccc1. The Morgan fingerprint density at radius 2 is 1.34 bits per heavy atom. The van der Waals surface area contributed by atoms with Gasteiger partial charge in [-0.15, -0.1) is 0 Å². The summed E-state index contributed by atoms with van der Waals surface area (Å²) in [5, 5.41) is 2.34. The summed E-state index contributed by atoms with van der Waals surface area (Å²) in [6, 6.07) is 31.1. The molecular formula is C30H34O4Si. The lowest BCUT2D eigenvalue weighted by Gasteiger charge is -2.44. The topological polar surface area (TPSA) is 44.8 Å². The van der Waals surface area contributed by atoms with Crippen LogP contribution in [0.1, 0.15) is 26.3 Å². The zero-order valence-electron chi connectivity index (χ0n) is 20.7. The van der Waals surface area contributed by atoms with Crippen LogP contribution in [0.4, 0.5) is 0 Å². The second-order valence-electron chi connectivity index (χ2n) is 9.97. The number of carbonyl (C=O) groups excluding carboxylic acids is 1. The Morgan fingerprint density at radius 1 is 0.800 bits per heavy atom. The van der Waals surface area contributed by atoms with Crippen LogP contribution in [-0.2, 0) is 25.3 Å². The minimum atomic E-state index is -2.68. The van der Waals surface area contributed by atoms with E-state index in [-0.39, 0.29) is 16.9 Å². The summed E-state index contributed by atoms with van der Waals surface area (Å²) in [6.45, 7) is 8.01. The van der Waals surface area contributed by atoms with Gasteiger partial charge in [0.1, 0.15) is 6.10 Å². The maximum atomic E-state index is 12.1. The van der Waals surface area contributed by atoms with Gasteiger partial charge in [-0.1, -0.05) is 118 Å². The third-order valence-electron chi connectivity index (χ3n) is 6.53. The van der Waals surface area contributed by atoms with Gasteiger partial charge in [0.2, 0.25) is 0 Å². The van der Waals surface area contributed by atoms with Gasteiger partial charge in [-0.3, -0.25) is 0 Å². The van der Waals surface area contributed by atoms with Gasteiger partial charge in [0, 0.05) is 18.6 Å². The molecule has 5 heteroatoms. The lowest BCUT2D eigenvalue weighted by molar-refractivity contribution is -0.151. The number of hydrogen-bond donors (Lipinski definition) is 0. The molecular weight excluding hydrogens is 452 g/mol. The predicted octanol–water partition coefficient (Wildman–Crippen LogP) is 4.88. The van der Waals surface area contributed by atoms with Gasteiger partial charge in [0.15, 0.2) is 0 Å². The first-order valence-corrected chi connectivity index (χ1v) is 14.1. The number of hydrogen-bond acceptors (Lipinski definition) is 4. The molecule has 0 saturated heterocycles. The summed E-state index contributed by atoms with van der Waals surface area (Å²) in [7, 11) is -2.68. The Labute approximate surface area is 209 Å². The highest BCUT2D eigenvalue weighted by Crippen LogP contribution is 2.37. The summed E-state index contributed by atoms with van der Waals surface area (Å²) in [5.41, 5.74) is 1.09. The predicted molar refractivity (Wildman–Crippen MR) is 142 cm³/mol. The molecule has 1 aliphatic heterocycles. The molecule has 1 heterocycles. The lowest BCUT2D eigenvalue weighted by Crippen LogP contribution is -2.67. The maximum Gasteiger partial charge on any atom is 0.330 e. The highest BCUT2D eigenvalue weighted by atomic mass is 28.4. The fourth-order valence-corrected chi connectivity index (χ4v) is 9.37. The van der Waals surface area contributed by atoms with Crippen LogP contribution in [0.25, 0.3) is 0 Å². The van der Waals surface area contributed by atoms with Crippen molar-refractivity contribution in [1.29, 1.82) is 0 Å². The first-order valence-electron chi connectivity index (χ1n) is 12.2. The van der Waals surface area contributed by atoms with Crippen LogP contribution in [0.2, 0.25) is 5.04 Å². The largest absolute Gasteiger partial charge is 0.456 e. The van der Waals surface area contributed by atoms with Crippen LogP contribution in [0.15, 0.2) is 103 Å². The van der Waals surface area contributed by atoms with E-state index in [0.717, 1.165) is 5.56 Å². The quantitative estimate of drug-likeness (QED) is 0.320. The van der Waals surface area contributed by atoms with E-state index in [2.05, 4.69) is 69.3 Å². The van der Waals surface area contributed by atoms with Gasteiger partial charge in [-0.05, 0) is 21.0 Å². The van der Waals surface area contributed by atoms with E-state index in [1.807, 2.05) is 48.5 Å². The van der Waals surface area contributed by atoms with Crippen molar-refractivity contribution in [2.45, 2.75) is 38.5 Å². The normalized spacial score (nSPS) is 18.3. The minimum Gasteiger partial charge on any atom is -0.456 e. The van der Waals surface area contributed by atoms with Crippen molar-refractivity contribution in [2.24, 2.45) is 5.92 Å². The van der Waals surface area contributed by atoms with Crippen LogP contribution in [0, 0.1) is 5.92 Å². The van der Waals surface area contributed by atoms with E-state index in [0.29, 0.717) is 19.8 Å². The molecule has 0 aromatic heterocycles. The van der Waals surface area contributed by atoms with Crippen molar-refractivity contribution in [1.82, 2.24) is 0 Å². The van der Waals surface area contributed by atoms with Crippen molar-refractivity contribution < 1.29 is 18.7 Å². The molecule has 0 bridgehead atoms. The molecule has 4 rings (SSSR count). The molecule has 0 aliphatic carbocycles. The lowest BCUT2D eigenvalue weighted by atomic mass is 10.0. The van der Waals surface area contributed by atoms with Crippen LogP contribution >= 0.6 is 0 Å². The Bertz CT molecular complexity index is 1070. The summed E-state index contributed by atoms with van der Waals surface area (Å²) >= 11 is 0. The number of ether oxygens (including phenoxy) is 2. The van der Waals surface area contributed by atoms with E-state index in [1.54, 1.807) is 0 Å². The molecule has 4 nitrogen and oxygen atoms in total. The number of benzene rings is 3. The summed E-state index contributed by atoms with van der Waals surface area (Å²) in [6.07, 6.45) is 3.03. The fourth-order valence-electron chi connectivity index (χ4n) is 4.77. The molecule has 0 unspecified atom stereocenters. The standard InChI is InChI=1S/C30H34O4Si/c1-30(2,3)35(26-15-9-5-10-16-26,27-17-11-6-12-18-27)33-22-25-19-20-29(31)34-28(25)23-32-21-24-13-7-4-8-14-24/h4-20,25,28H,21-23H2,1-3H3/t25-,28+/m0/s1. The Morgan fingerprint density at radius 3 is 1.89 bits per heavy atom. The molecule has 0 saturated carbocycles. The Balaban J connectivity index is 1.58. The zero-order chi connectivity index (χ0) is 24.7. The highest BCUT2D eigenvalue weighted by molar-refractivity contribution is 6.99. The summed E-state index contributed by atoms with van der Waals surface area (Å²) in [4.78, 5) is 12.1. The van der Waals surface area contributed by atoms with Crippen molar-refractivity contribution in [3.05, 3.63) is 109 Å². The molecule has 182 valence electrons. The molecule has 35 heavy (non-hydrogen) atoms. The smallest absolute Gasteiger partial charge is 0.330 e. The number of carbonyl (C=O) groups is 1. The molecule has 0 amide bonds. The number of cyclic esters (lactones) is 1. The molecule has 3 aromatic rings. The summed E-state index contributed by atoms with van der Waals surface area (Å²) < 4.78 is 18.7. The van der Waals surface area contributed by atoms with E-state index >= 15 is 0 Å². The molecule has 2 atom stereocenters. The van der Waals surface area contributed by atoms with Crippen LogP contribution in [-0.4, -0.2) is 33.6 Å². The van der Waals surface area contributed by atoms with Crippen LogP contribution in [0.5, 0.6) is 0 Å². The van der Waals surface area contributed by atoms with Gasteiger partial charge in [0.05, 0.1) is 13.2 Å².